The van der Waals surface area contributed by atoms with Gasteiger partial charge >= 0.3 is 6.18 Å². The molecule has 1 aliphatic carbocycles. The van der Waals surface area contributed by atoms with Crippen LogP contribution in [0.5, 0.6) is 0 Å². The van der Waals surface area contributed by atoms with Crippen molar-refractivity contribution < 1.29 is 18.0 Å². The number of rotatable bonds is 7. The molecule has 0 radical (unpaired) electrons. The van der Waals surface area contributed by atoms with E-state index in [4.69, 9.17) is 5.73 Å². The lowest BCUT2D eigenvalue weighted by molar-refractivity contribution is -0.137. The summed E-state index contributed by atoms with van der Waals surface area (Å²) in [7, 11) is 0. The maximum atomic E-state index is 12.4. The van der Waals surface area contributed by atoms with Gasteiger partial charge in [-0.3, -0.25) is 9.48 Å². The third kappa shape index (κ3) is 4.45. The van der Waals surface area contributed by atoms with Crippen LogP contribution in [-0.2, 0) is 13.1 Å². The molecule has 3 aromatic heterocycles. The molecule has 0 aromatic carbocycles. The molecule has 30 heavy (non-hydrogen) atoms. The maximum absolute atomic E-state index is 12.4. The van der Waals surface area contributed by atoms with E-state index in [0.29, 0.717) is 23.0 Å². The van der Waals surface area contributed by atoms with Crippen LogP contribution in [0.25, 0.3) is 5.65 Å². The van der Waals surface area contributed by atoms with Gasteiger partial charge in [-0.2, -0.15) is 23.4 Å². The van der Waals surface area contributed by atoms with Crippen LogP contribution in [-0.4, -0.2) is 36.5 Å². The quantitative estimate of drug-likeness (QED) is 0.610. The van der Waals surface area contributed by atoms with Crippen molar-refractivity contribution in [3.8, 4) is 0 Å². The van der Waals surface area contributed by atoms with Crippen LogP contribution in [0.2, 0.25) is 0 Å². The summed E-state index contributed by atoms with van der Waals surface area (Å²) in [5.41, 5.74) is 9.02. The minimum Gasteiger partial charge on any atom is -0.346 e. The second-order valence-corrected chi connectivity index (χ2v) is 7.60. The minimum absolute atomic E-state index is 0.0424. The summed E-state index contributed by atoms with van der Waals surface area (Å²) in [6, 6.07) is 1.86. The van der Waals surface area contributed by atoms with Gasteiger partial charge in [-0.1, -0.05) is 0 Å². The highest BCUT2D eigenvalue weighted by atomic mass is 19.4. The smallest absolute Gasteiger partial charge is 0.346 e. The van der Waals surface area contributed by atoms with Crippen molar-refractivity contribution in [1.82, 2.24) is 29.7 Å². The Labute approximate surface area is 170 Å². The largest absolute Gasteiger partial charge is 0.390 e. The second-order valence-electron chi connectivity index (χ2n) is 7.60. The monoisotopic (exact) mass is 421 g/mol. The fraction of sp³-hybridized carbons (Fsp3) is 0.474. The summed E-state index contributed by atoms with van der Waals surface area (Å²) in [5.74, 6) is 0.0791. The van der Waals surface area contributed by atoms with Gasteiger partial charge in [0.1, 0.15) is 0 Å². The van der Waals surface area contributed by atoms with Crippen LogP contribution in [0.3, 0.4) is 0 Å². The maximum Gasteiger partial charge on any atom is 0.390 e. The highest BCUT2D eigenvalue weighted by molar-refractivity contribution is 5.94. The number of hydrogen-bond donors (Lipinski definition) is 2. The van der Waals surface area contributed by atoms with Crippen molar-refractivity contribution in [2.75, 3.05) is 0 Å². The standard InChI is InChI=1S/C19H22F3N7O/c1-11-15(9-26-28(11)5-4-19(20,21)22)18(30)24-8-14-10-29-16(27-14)6-13(7-25-29)17(23)12-2-3-12/h6-7,9-10,12,17H,2-5,8,23H2,1H3,(H,24,30). The number of hydrogen-bond acceptors (Lipinski definition) is 5. The zero-order valence-corrected chi connectivity index (χ0v) is 16.4. The number of alkyl halides is 3. The number of aryl methyl sites for hydroxylation is 1. The first-order valence-corrected chi connectivity index (χ1v) is 9.68. The van der Waals surface area contributed by atoms with E-state index >= 15 is 0 Å². The molecule has 0 aliphatic heterocycles. The first-order valence-electron chi connectivity index (χ1n) is 9.68. The van der Waals surface area contributed by atoms with Gasteiger partial charge < -0.3 is 11.1 Å². The van der Waals surface area contributed by atoms with Gasteiger partial charge in [-0.05, 0) is 37.3 Å². The number of nitrogens with one attached hydrogen (secondary N) is 1. The summed E-state index contributed by atoms with van der Waals surface area (Å²) in [5, 5.41) is 10.9. The molecule has 11 heteroatoms. The van der Waals surface area contributed by atoms with Crippen LogP contribution in [0.4, 0.5) is 13.2 Å². The third-order valence-corrected chi connectivity index (χ3v) is 5.29. The molecule has 3 aromatic rings. The molecule has 1 amide bonds. The molecule has 1 aliphatic rings. The van der Waals surface area contributed by atoms with E-state index in [0.717, 1.165) is 18.4 Å². The molecule has 3 heterocycles. The molecular weight excluding hydrogens is 399 g/mol. The molecule has 1 fully saturated rings. The SMILES string of the molecule is Cc1c(C(=O)NCc2cn3ncc(C(N)C4CC4)cc3n2)cnn1CCC(F)(F)F. The highest BCUT2D eigenvalue weighted by Crippen LogP contribution is 2.39. The fourth-order valence-electron chi connectivity index (χ4n) is 3.33. The van der Waals surface area contributed by atoms with Crippen LogP contribution in [0.15, 0.2) is 24.7 Å². The van der Waals surface area contributed by atoms with Crippen LogP contribution >= 0.6 is 0 Å². The van der Waals surface area contributed by atoms with Crippen molar-refractivity contribution in [2.24, 2.45) is 11.7 Å². The normalized spacial score (nSPS) is 15.5. The summed E-state index contributed by atoms with van der Waals surface area (Å²) >= 11 is 0. The van der Waals surface area contributed by atoms with Crippen molar-refractivity contribution in [3.05, 3.63) is 47.2 Å². The number of aromatic nitrogens is 5. The number of carbonyl (C=O) groups excluding carboxylic acids is 1. The summed E-state index contributed by atoms with van der Waals surface area (Å²) < 4.78 is 40.0. The van der Waals surface area contributed by atoms with Crippen LogP contribution < -0.4 is 11.1 Å². The second kappa shape index (κ2) is 7.71. The average molecular weight is 421 g/mol. The molecule has 3 N–H and O–H groups in total. The number of nitrogens with zero attached hydrogens (tertiary/aromatic N) is 5. The predicted molar refractivity (Wildman–Crippen MR) is 101 cm³/mol. The van der Waals surface area contributed by atoms with Crippen molar-refractivity contribution in [1.29, 1.82) is 0 Å². The fourth-order valence-corrected chi connectivity index (χ4v) is 3.33. The zero-order valence-electron chi connectivity index (χ0n) is 16.4. The average Bonchev–Trinajstić information content (AvgIpc) is 3.36. The lowest BCUT2D eigenvalue weighted by Gasteiger charge is -2.09. The summed E-state index contributed by atoms with van der Waals surface area (Å²) in [4.78, 5) is 16.9. The van der Waals surface area contributed by atoms with Gasteiger partial charge in [-0.25, -0.2) is 9.50 Å². The van der Waals surface area contributed by atoms with Crippen molar-refractivity contribution >= 4 is 11.6 Å². The molecule has 1 saturated carbocycles. The van der Waals surface area contributed by atoms with E-state index in [9.17, 15) is 18.0 Å². The predicted octanol–water partition coefficient (Wildman–Crippen LogP) is 2.53. The number of nitrogens with two attached hydrogens (primary N) is 1. The van der Waals surface area contributed by atoms with E-state index in [-0.39, 0.29) is 24.7 Å². The Balaban J connectivity index is 1.40. The molecule has 4 rings (SSSR count). The Kier molecular flexibility index (Phi) is 5.22. The Hall–Kier alpha value is -2.95. The van der Waals surface area contributed by atoms with Crippen molar-refractivity contribution in [2.45, 2.75) is 51.5 Å². The Morgan fingerprint density at radius 3 is 2.80 bits per heavy atom. The molecular formula is C19H22F3N7O. The number of fused-ring (bicyclic) bond motifs is 1. The van der Waals surface area contributed by atoms with E-state index in [2.05, 4.69) is 20.5 Å². The number of imidazole rings is 1. The van der Waals surface area contributed by atoms with E-state index in [1.165, 1.54) is 10.9 Å². The first kappa shape index (κ1) is 20.3. The molecule has 0 saturated heterocycles. The zero-order chi connectivity index (χ0) is 21.5. The highest BCUT2D eigenvalue weighted by Gasteiger charge is 2.30. The Bertz CT molecular complexity index is 1070. The summed E-state index contributed by atoms with van der Waals surface area (Å²) in [6.45, 7) is 1.39. The van der Waals surface area contributed by atoms with Gasteiger partial charge in [-0.15, -0.1) is 0 Å². The van der Waals surface area contributed by atoms with Gasteiger partial charge in [0.15, 0.2) is 5.65 Å². The first-order chi connectivity index (χ1) is 14.2. The lowest BCUT2D eigenvalue weighted by Crippen LogP contribution is -2.23. The Morgan fingerprint density at radius 2 is 2.10 bits per heavy atom. The van der Waals surface area contributed by atoms with Gasteiger partial charge in [0.2, 0.25) is 0 Å². The molecule has 0 bridgehead atoms. The van der Waals surface area contributed by atoms with Crippen LogP contribution in [0.1, 0.15) is 52.6 Å². The minimum atomic E-state index is -4.28. The van der Waals surface area contributed by atoms with E-state index in [1.54, 1.807) is 23.8 Å². The van der Waals surface area contributed by atoms with Gasteiger partial charge in [0.25, 0.3) is 5.91 Å². The third-order valence-electron chi connectivity index (χ3n) is 5.29. The lowest BCUT2D eigenvalue weighted by atomic mass is 10.1. The molecule has 1 atom stereocenters. The summed E-state index contributed by atoms with van der Waals surface area (Å²) in [6.07, 6.45) is 1.70. The number of amides is 1. The molecule has 1 unspecified atom stereocenters. The van der Waals surface area contributed by atoms with Crippen LogP contribution in [0, 0.1) is 12.8 Å². The topological polar surface area (TPSA) is 103 Å². The Morgan fingerprint density at radius 1 is 1.33 bits per heavy atom. The van der Waals surface area contributed by atoms with Crippen molar-refractivity contribution in [3.63, 3.8) is 0 Å². The molecule has 160 valence electrons. The number of carbonyl (C=O) groups is 1. The van der Waals surface area contributed by atoms with Gasteiger partial charge in [0.05, 0.1) is 42.8 Å². The molecule has 0 spiro atoms. The number of halogens is 3. The van der Waals surface area contributed by atoms with Gasteiger partial charge in [0, 0.05) is 18.3 Å². The van der Waals surface area contributed by atoms with E-state index < -0.39 is 18.5 Å². The van der Waals surface area contributed by atoms with E-state index in [1.807, 2.05) is 6.07 Å². The molecule has 8 nitrogen and oxygen atoms in total.